The summed E-state index contributed by atoms with van der Waals surface area (Å²) in [4.78, 5) is 4.90. The Bertz CT molecular complexity index is 1220. The van der Waals surface area contributed by atoms with Gasteiger partial charge in [-0.2, -0.15) is 0 Å². The van der Waals surface area contributed by atoms with Crippen LogP contribution in [0.5, 0.6) is 0 Å². The Morgan fingerprint density at radius 3 is 2.45 bits per heavy atom. The molecule has 0 bridgehead atoms. The lowest BCUT2D eigenvalue weighted by Crippen LogP contribution is -2.49. The van der Waals surface area contributed by atoms with Crippen LogP contribution in [-0.4, -0.2) is 42.1 Å². The molecule has 2 heterocycles. The van der Waals surface area contributed by atoms with E-state index in [0.717, 1.165) is 29.5 Å². The van der Waals surface area contributed by atoms with E-state index in [1.54, 1.807) is 21.3 Å². The summed E-state index contributed by atoms with van der Waals surface area (Å²) in [5.74, 6) is 0. The van der Waals surface area contributed by atoms with Gasteiger partial charge in [0.2, 0.25) is 0 Å². The minimum atomic E-state index is -0.940. The molecule has 0 unspecified atom stereocenters. The third kappa shape index (κ3) is 4.50. The van der Waals surface area contributed by atoms with E-state index in [9.17, 15) is 5.11 Å². The van der Waals surface area contributed by atoms with Crippen molar-refractivity contribution < 1.29 is 9.76 Å². The highest BCUT2D eigenvalue weighted by Gasteiger charge is 2.35. The van der Waals surface area contributed by atoms with Crippen molar-refractivity contribution in [2.75, 3.05) is 6.54 Å². The van der Waals surface area contributed by atoms with Gasteiger partial charge in [0.1, 0.15) is 0 Å². The largest absolute Gasteiger partial charge is 0.427 e. The van der Waals surface area contributed by atoms with Gasteiger partial charge in [0.05, 0.1) is 16.9 Å². The first-order valence-electron chi connectivity index (χ1n) is 11.9. The topological polar surface area (TPSA) is 53.9 Å². The van der Waals surface area contributed by atoms with E-state index in [2.05, 4.69) is 59.9 Å². The Balaban J connectivity index is 1.33. The first-order chi connectivity index (χ1) is 15.7. The minimum absolute atomic E-state index is 0.450. The predicted octanol–water partition coefficient (Wildman–Crippen LogP) is 4.70. The van der Waals surface area contributed by atoms with Crippen LogP contribution in [0, 0.1) is 0 Å². The van der Waals surface area contributed by atoms with Crippen LogP contribution >= 0.6 is 0 Å². The molecule has 3 aromatic carbocycles. The van der Waals surface area contributed by atoms with Crippen LogP contribution in [0.25, 0.3) is 21.9 Å². The number of aliphatic imine (C=N–C) groups is 1. The quantitative estimate of drug-likeness (QED) is 0.548. The number of hydrogen-bond acceptors (Lipinski definition) is 4. The Hall–Kier alpha value is -2.47. The van der Waals surface area contributed by atoms with Crippen LogP contribution in [0.15, 0.2) is 59.6 Å². The number of benzene rings is 3. The van der Waals surface area contributed by atoms with E-state index >= 15 is 0 Å². The molecule has 0 amide bonds. The van der Waals surface area contributed by atoms with E-state index in [1.165, 1.54) is 40.6 Å². The molecule has 5 rings (SSSR count). The van der Waals surface area contributed by atoms with E-state index < -0.39 is 11.2 Å². The third-order valence-electron chi connectivity index (χ3n) is 7.34. The number of hydrogen-bond donors (Lipinski definition) is 2. The first kappa shape index (κ1) is 22.3. The SMILES string of the molecule is CC(C)(O)C(C)(C)O[B]c1ccc2cc(-c3ccc4c(c3)CC([C@@H]3CCCN3)=N4)ccc2c1. The number of nitrogens with zero attached hydrogens (tertiary/aromatic N) is 1. The molecular weight excluding hydrogens is 407 g/mol. The molecule has 1 saturated heterocycles. The van der Waals surface area contributed by atoms with E-state index in [4.69, 9.17) is 9.65 Å². The summed E-state index contributed by atoms with van der Waals surface area (Å²) >= 11 is 0. The van der Waals surface area contributed by atoms with Gasteiger partial charge in [-0.25, -0.2) is 0 Å². The lowest BCUT2D eigenvalue weighted by molar-refractivity contribution is -0.0893. The van der Waals surface area contributed by atoms with Crippen LogP contribution in [-0.2, 0) is 11.1 Å². The van der Waals surface area contributed by atoms with Crippen LogP contribution in [0.3, 0.4) is 0 Å². The van der Waals surface area contributed by atoms with Gasteiger partial charge in [0.25, 0.3) is 0 Å². The lowest BCUT2D eigenvalue weighted by Gasteiger charge is -2.37. The second-order valence-corrected chi connectivity index (χ2v) is 10.4. The molecule has 2 aliphatic heterocycles. The minimum Gasteiger partial charge on any atom is -0.427 e. The molecular formula is C28H32BN2O2. The van der Waals surface area contributed by atoms with Crippen molar-refractivity contribution in [2.24, 2.45) is 4.99 Å². The molecule has 1 radical (unpaired) electrons. The molecule has 169 valence electrons. The number of nitrogens with one attached hydrogen (secondary N) is 1. The second-order valence-electron chi connectivity index (χ2n) is 10.4. The summed E-state index contributed by atoms with van der Waals surface area (Å²) in [6.07, 6.45) is 3.39. The zero-order chi connectivity index (χ0) is 23.2. The number of fused-ring (bicyclic) bond motifs is 2. The molecule has 0 aromatic heterocycles. The van der Waals surface area contributed by atoms with Crippen LogP contribution in [0.1, 0.15) is 46.1 Å². The van der Waals surface area contributed by atoms with E-state index in [-0.39, 0.29) is 0 Å². The van der Waals surface area contributed by atoms with Gasteiger partial charge in [-0.05, 0) is 92.7 Å². The van der Waals surface area contributed by atoms with Gasteiger partial charge in [0, 0.05) is 18.2 Å². The Morgan fingerprint density at radius 1 is 0.970 bits per heavy atom. The van der Waals surface area contributed by atoms with Gasteiger partial charge in [-0.1, -0.05) is 41.9 Å². The van der Waals surface area contributed by atoms with Gasteiger partial charge in [-0.3, -0.25) is 4.99 Å². The van der Waals surface area contributed by atoms with Gasteiger partial charge in [-0.15, -0.1) is 0 Å². The van der Waals surface area contributed by atoms with Crippen molar-refractivity contribution in [3.05, 3.63) is 60.2 Å². The molecule has 3 aromatic rings. The molecule has 33 heavy (non-hydrogen) atoms. The highest BCUT2D eigenvalue weighted by Crippen LogP contribution is 2.34. The maximum atomic E-state index is 10.3. The zero-order valence-electron chi connectivity index (χ0n) is 20.0. The van der Waals surface area contributed by atoms with Gasteiger partial charge < -0.3 is 15.1 Å². The average molecular weight is 439 g/mol. The van der Waals surface area contributed by atoms with E-state index in [1.807, 2.05) is 13.8 Å². The van der Waals surface area contributed by atoms with Crippen molar-refractivity contribution >= 4 is 35.1 Å². The predicted molar refractivity (Wildman–Crippen MR) is 138 cm³/mol. The average Bonchev–Trinajstić information content (AvgIpc) is 3.45. The molecule has 2 N–H and O–H groups in total. The van der Waals surface area contributed by atoms with Crippen molar-refractivity contribution in [2.45, 2.75) is 64.2 Å². The summed E-state index contributed by atoms with van der Waals surface area (Å²) in [6.45, 7) is 8.42. The van der Waals surface area contributed by atoms with Crippen molar-refractivity contribution in [3.63, 3.8) is 0 Å². The Morgan fingerprint density at radius 2 is 1.70 bits per heavy atom. The van der Waals surface area contributed by atoms with Crippen molar-refractivity contribution in [1.82, 2.24) is 5.32 Å². The standard InChI is InChI=1S/C28H32BN2O2/c1-27(2,32)28(3,4)33-29-23-11-9-19-14-18(7-8-21(19)16-23)20-10-12-24-22(15-20)17-26(31-24)25-6-5-13-30-25/h7-12,14-16,25,30,32H,5-6,13,17H2,1-4H3/t25-/m0/s1. The molecule has 1 atom stereocenters. The summed E-state index contributed by atoms with van der Waals surface area (Å²) in [6, 6.07) is 20.0. The van der Waals surface area contributed by atoms with E-state index in [0.29, 0.717) is 6.04 Å². The molecule has 0 saturated carbocycles. The lowest BCUT2D eigenvalue weighted by atomic mass is 9.82. The third-order valence-corrected chi connectivity index (χ3v) is 7.34. The molecule has 5 heteroatoms. The monoisotopic (exact) mass is 439 g/mol. The molecule has 1 fully saturated rings. The highest BCUT2D eigenvalue weighted by molar-refractivity contribution is 6.47. The fourth-order valence-corrected chi connectivity index (χ4v) is 4.45. The van der Waals surface area contributed by atoms with Crippen LogP contribution in [0.4, 0.5) is 5.69 Å². The highest BCUT2D eigenvalue weighted by atomic mass is 16.5. The maximum absolute atomic E-state index is 10.3. The summed E-state index contributed by atoms with van der Waals surface area (Å²) in [7, 11) is 1.74. The Kier molecular flexibility index (Phi) is 5.68. The number of aliphatic hydroxyl groups is 1. The summed E-state index contributed by atoms with van der Waals surface area (Å²) in [5, 5.41) is 16.2. The summed E-state index contributed by atoms with van der Waals surface area (Å²) in [5.41, 5.74) is 5.55. The normalized spacial score (nSPS) is 18.5. The Labute approximate surface area is 197 Å². The zero-order valence-corrected chi connectivity index (χ0v) is 20.0. The van der Waals surface area contributed by atoms with Crippen molar-refractivity contribution in [3.8, 4) is 11.1 Å². The van der Waals surface area contributed by atoms with Crippen molar-refractivity contribution in [1.29, 1.82) is 0 Å². The number of rotatable bonds is 6. The fraction of sp³-hybridized carbons (Fsp3) is 0.393. The van der Waals surface area contributed by atoms with Crippen LogP contribution < -0.4 is 10.8 Å². The summed E-state index contributed by atoms with van der Waals surface area (Å²) < 4.78 is 5.92. The first-order valence-corrected chi connectivity index (χ1v) is 11.9. The molecule has 4 nitrogen and oxygen atoms in total. The van der Waals surface area contributed by atoms with Crippen LogP contribution in [0.2, 0.25) is 0 Å². The molecule has 0 spiro atoms. The smallest absolute Gasteiger partial charge is 0.330 e. The van der Waals surface area contributed by atoms with Gasteiger partial charge in [0.15, 0.2) is 0 Å². The van der Waals surface area contributed by atoms with Gasteiger partial charge >= 0.3 is 7.48 Å². The second kappa shape index (κ2) is 8.39. The molecule has 2 aliphatic rings. The maximum Gasteiger partial charge on any atom is 0.330 e. The molecule has 0 aliphatic carbocycles. The fourth-order valence-electron chi connectivity index (χ4n) is 4.45.